The number of hydrogen-bond acceptors (Lipinski definition) is 5. The normalized spacial score (nSPS) is 34.0. The third kappa shape index (κ3) is 3.89. The van der Waals surface area contributed by atoms with Crippen LogP contribution in [-0.2, 0) is 9.53 Å². The van der Waals surface area contributed by atoms with Gasteiger partial charge in [0.15, 0.2) is 0 Å². The van der Waals surface area contributed by atoms with E-state index >= 15 is 0 Å². The van der Waals surface area contributed by atoms with Crippen molar-refractivity contribution >= 4 is 5.97 Å². The van der Waals surface area contributed by atoms with Gasteiger partial charge in [0.25, 0.3) is 0 Å². The second kappa shape index (κ2) is 8.76. The molecular formula is C25H40O5. The minimum atomic E-state index is -1.18. The number of allylic oxidation sites excluding steroid dienone is 4. The number of aliphatic hydroxyl groups is 3. The summed E-state index contributed by atoms with van der Waals surface area (Å²) in [5.74, 6) is 0.540. The Morgan fingerprint density at radius 3 is 2.37 bits per heavy atom. The van der Waals surface area contributed by atoms with Crippen LogP contribution in [0.1, 0.15) is 72.6 Å². The summed E-state index contributed by atoms with van der Waals surface area (Å²) in [5.41, 5.74) is 2.79. The largest absolute Gasteiger partial charge is 0.464 e. The molecule has 0 aromatic heterocycles. The number of aliphatic hydroxyl groups excluding tert-OH is 3. The van der Waals surface area contributed by atoms with Crippen molar-refractivity contribution in [1.29, 1.82) is 0 Å². The van der Waals surface area contributed by atoms with E-state index in [-0.39, 0.29) is 23.9 Å². The summed E-state index contributed by atoms with van der Waals surface area (Å²) in [6.07, 6.45) is 9.70. The lowest BCUT2D eigenvalue weighted by Crippen LogP contribution is -2.54. The monoisotopic (exact) mass is 420 g/mol. The van der Waals surface area contributed by atoms with Gasteiger partial charge in [-0.3, -0.25) is 4.79 Å². The topological polar surface area (TPSA) is 87.0 Å². The fourth-order valence-corrected chi connectivity index (χ4v) is 6.48. The van der Waals surface area contributed by atoms with E-state index in [0.29, 0.717) is 5.92 Å². The Labute approximate surface area is 181 Å². The molecule has 0 aliphatic heterocycles. The Morgan fingerprint density at radius 1 is 1.10 bits per heavy atom. The Morgan fingerprint density at radius 2 is 1.77 bits per heavy atom. The van der Waals surface area contributed by atoms with E-state index in [1.807, 2.05) is 0 Å². The second-order valence-corrected chi connectivity index (χ2v) is 10.8. The highest BCUT2D eigenvalue weighted by atomic mass is 16.5. The van der Waals surface area contributed by atoms with Gasteiger partial charge in [0.1, 0.15) is 6.61 Å². The Bertz CT molecular complexity index is 707. The number of hydrogen-bond donors (Lipinski definition) is 3. The molecule has 3 aliphatic rings. The van der Waals surface area contributed by atoms with Gasteiger partial charge in [-0.15, -0.1) is 0 Å². The maximum atomic E-state index is 13.3. The average molecular weight is 421 g/mol. The van der Waals surface area contributed by atoms with Crippen LogP contribution in [0.2, 0.25) is 0 Å². The molecule has 0 aromatic carbocycles. The molecule has 0 aromatic rings. The zero-order valence-electron chi connectivity index (χ0n) is 19.2. The van der Waals surface area contributed by atoms with Gasteiger partial charge < -0.3 is 20.1 Å². The van der Waals surface area contributed by atoms with Crippen LogP contribution in [0, 0.1) is 28.1 Å². The third-order valence-corrected chi connectivity index (χ3v) is 8.63. The SMILES string of the molecule is CC(C)=C1C=C2CC[C@@H]3[C@](C)(CCC[C@@]3(C)C(=O)OCC(CO)(CO)CO)[C@H]2CC1. The van der Waals surface area contributed by atoms with E-state index in [4.69, 9.17) is 4.74 Å². The van der Waals surface area contributed by atoms with Crippen LogP contribution in [-0.4, -0.2) is 47.7 Å². The van der Waals surface area contributed by atoms with E-state index < -0.39 is 30.7 Å². The first kappa shape index (κ1) is 23.5. The number of carbonyl (C=O) groups is 1. The molecule has 2 fully saturated rings. The molecule has 2 saturated carbocycles. The van der Waals surface area contributed by atoms with Gasteiger partial charge in [-0.1, -0.05) is 30.6 Å². The molecule has 170 valence electrons. The second-order valence-electron chi connectivity index (χ2n) is 10.8. The zero-order chi connectivity index (χ0) is 22.2. The fraction of sp³-hybridized carbons (Fsp3) is 0.800. The lowest BCUT2D eigenvalue weighted by molar-refractivity contribution is -0.177. The molecule has 5 heteroatoms. The number of carbonyl (C=O) groups excluding carboxylic acids is 1. The number of fused-ring (bicyclic) bond motifs is 3. The summed E-state index contributed by atoms with van der Waals surface area (Å²) >= 11 is 0. The van der Waals surface area contributed by atoms with Gasteiger partial charge in [-0.25, -0.2) is 0 Å². The van der Waals surface area contributed by atoms with Crippen LogP contribution in [0.5, 0.6) is 0 Å². The summed E-state index contributed by atoms with van der Waals surface area (Å²) in [7, 11) is 0. The Hall–Kier alpha value is -1.17. The van der Waals surface area contributed by atoms with Crippen molar-refractivity contribution in [3.05, 3.63) is 22.8 Å². The summed E-state index contributed by atoms with van der Waals surface area (Å²) in [6, 6.07) is 0. The summed E-state index contributed by atoms with van der Waals surface area (Å²) in [6.45, 7) is 7.39. The van der Waals surface area contributed by atoms with Crippen molar-refractivity contribution in [3.63, 3.8) is 0 Å². The maximum Gasteiger partial charge on any atom is 0.312 e. The van der Waals surface area contributed by atoms with Crippen molar-refractivity contribution in [3.8, 4) is 0 Å². The average Bonchev–Trinajstić information content (AvgIpc) is 2.74. The molecule has 4 atom stereocenters. The molecule has 3 rings (SSSR count). The van der Waals surface area contributed by atoms with Gasteiger partial charge in [0.05, 0.1) is 30.7 Å². The molecule has 0 radical (unpaired) electrons. The molecule has 0 unspecified atom stereocenters. The van der Waals surface area contributed by atoms with Gasteiger partial charge in [0, 0.05) is 0 Å². The van der Waals surface area contributed by atoms with Gasteiger partial charge in [-0.2, -0.15) is 0 Å². The first-order valence-electron chi connectivity index (χ1n) is 11.5. The number of rotatable bonds is 6. The maximum absolute atomic E-state index is 13.3. The highest BCUT2D eigenvalue weighted by molar-refractivity contribution is 5.77. The van der Waals surface area contributed by atoms with Gasteiger partial charge >= 0.3 is 5.97 Å². The molecular weight excluding hydrogens is 380 g/mol. The van der Waals surface area contributed by atoms with Crippen LogP contribution in [0.15, 0.2) is 22.8 Å². The molecule has 5 nitrogen and oxygen atoms in total. The highest BCUT2D eigenvalue weighted by Crippen LogP contribution is 2.63. The van der Waals surface area contributed by atoms with Gasteiger partial charge in [-0.05, 0) is 82.1 Å². The molecule has 0 amide bonds. The minimum absolute atomic E-state index is 0.0886. The van der Waals surface area contributed by atoms with Gasteiger partial charge in [0.2, 0.25) is 0 Å². The summed E-state index contributed by atoms with van der Waals surface area (Å²) in [4.78, 5) is 13.3. The van der Waals surface area contributed by atoms with E-state index in [9.17, 15) is 20.1 Å². The number of esters is 1. The molecule has 30 heavy (non-hydrogen) atoms. The van der Waals surface area contributed by atoms with Crippen molar-refractivity contribution < 1.29 is 24.9 Å². The predicted octanol–water partition coefficient (Wildman–Crippen LogP) is 3.77. The Kier molecular flexibility index (Phi) is 6.86. The first-order valence-corrected chi connectivity index (χ1v) is 11.5. The lowest BCUT2D eigenvalue weighted by atomic mass is 9.46. The van der Waals surface area contributed by atoms with Crippen LogP contribution < -0.4 is 0 Å². The Balaban J connectivity index is 1.83. The zero-order valence-corrected chi connectivity index (χ0v) is 19.2. The summed E-state index contributed by atoms with van der Waals surface area (Å²) < 4.78 is 5.66. The lowest BCUT2D eigenvalue weighted by Gasteiger charge is -2.58. The van der Waals surface area contributed by atoms with E-state index in [2.05, 4.69) is 33.8 Å². The highest BCUT2D eigenvalue weighted by Gasteiger charge is 2.58. The van der Waals surface area contributed by atoms with E-state index in [0.717, 1.165) is 44.9 Å². The standard InChI is InChI=1S/C25H40O5/c1-17(2)18-6-8-20-19(12-18)7-9-21-23(20,3)10-5-11-24(21,4)22(29)30-16-25(13-26,14-27)15-28/h12,20-21,26-28H,5-11,13-16H2,1-4H3/t20-,21+,23+,24+/m0/s1. The van der Waals surface area contributed by atoms with Crippen LogP contribution in [0.3, 0.4) is 0 Å². The summed E-state index contributed by atoms with van der Waals surface area (Å²) in [5, 5.41) is 28.7. The molecule has 3 N–H and O–H groups in total. The predicted molar refractivity (Wildman–Crippen MR) is 117 cm³/mol. The van der Waals surface area contributed by atoms with Crippen LogP contribution >= 0.6 is 0 Å². The van der Waals surface area contributed by atoms with Crippen molar-refractivity contribution in [2.75, 3.05) is 26.4 Å². The van der Waals surface area contributed by atoms with Crippen LogP contribution in [0.25, 0.3) is 0 Å². The molecule has 0 heterocycles. The first-order chi connectivity index (χ1) is 14.2. The van der Waals surface area contributed by atoms with E-state index in [1.165, 1.54) is 11.1 Å². The van der Waals surface area contributed by atoms with Crippen molar-refractivity contribution in [2.24, 2.45) is 28.1 Å². The fourth-order valence-electron chi connectivity index (χ4n) is 6.48. The molecule has 0 saturated heterocycles. The molecule has 0 bridgehead atoms. The number of ether oxygens (including phenoxy) is 1. The smallest absolute Gasteiger partial charge is 0.312 e. The quantitative estimate of drug-likeness (QED) is 0.570. The molecule has 0 spiro atoms. The third-order valence-electron chi connectivity index (χ3n) is 8.63. The van der Waals surface area contributed by atoms with Crippen molar-refractivity contribution in [2.45, 2.75) is 72.6 Å². The van der Waals surface area contributed by atoms with Crippen LogP contribution in [0.4, 0.5) is 0 Å². The molecule has 3 aliphatic carbocycles. The minimum Gasteiger partial charge on any atom is -0.464 e. The van der Waals surface area contributed by atoms with E-state index in [1.54, 1.807) is 5.57 Å². The van der Waals surface area contributed by atoms with Crippen molar-refractivity contribution in [1.82, 2.24) is 0 Å².